The molecule has 110 valence electrons. The predicted octanol–water partition coefficient (Wildman–Crippen LogP) is 3.15. The van der Waals surface area contributed by atoms with E-state index in [0.717, 1.165) is 16.0 Å². The number of imide groups is 1. The molecular formula is C18H15NO3. The second-order valence-electron chi connectivity index (χ2n) is 5.37. The Hall–Kier alpha value is -2.88. The van der Waals surface area contributed by atoms with Crippen LogP contribution in [0.5, 0.6) is 0 Å². The van der Waals surface area contributed by atoms with E-state index in [0.29, 0.717) is 11.3 Å². The number of nitrogens with zero attached hydrogens (tertiary/aromatic N) is 1. The van der Waals surface area contributed by atoms with Gasteiger partial charge in [-0.15, -0.1) is 0 Å². The van der Waals surface area contributed by atoms with E-state index in [4.69, 9.17) is 0 Å². The fraction of sp³-hybridized carbons (Fsp3) is 0.111. The van der Waals surface area contributed by atoms with Gasteiger partial charge in [0.05, 0.1) is 11.3 Å². The first kappa shape index (κ1) is 14.1. The van der Waals surface area contributed by atoms with E-state index in [1.165, 1.54) is 0 Å². The molecule has 2 amide bonds. The van der Waals surface area contributed by atoms with E-state index < -0.39 is 17.6 Å². The van der Waals surface area contributed by atoms with Gasteiger partial charge >= 0.3 is 5.91 Å². The third-order valence-electron chi connectivity index (χ3n) is 3.66. The number of anilines is 1. The third kappa shape index (κ3) is 2.19. The van der Waals surface area contributed by atoms with Crippen LogP contribution in [0.4, 0.5) is 5.69 Å². The molecule has 0 saturated carbocycles. The molecule has 1 N–H and O–H groups in total. The lowest BCUT2D eigenvalue weighted by atomic mass is 10.0. The van der Waals surface area contributed by atoms with Crippen molar-refractivity contribution < 1.29 is 14.7 Å². The molecule has 0 aliphatic carbocycles. The molecule has 0 spiro atoms. The summed E-state index contributed by atoms with van der Waals surface area (Å²) >= 11 is 0. The Morgan fingerprint density at radius 1 is 0.864 bits per heavy atom. The number of rotatable bonds is 2. The quantitative estimate of drug-likeness (QED) is 0.865. The molecule has 0 atom stereocenters. The summed E-state index contributed by atoms with van der Waals surface area (Å²) in [5, 5.41) is 10.1. The van der Waals surface area contributed by atoms with Crippen LogP contribution in [0, 0.1) is 13.8 Å². The Balaban J connectivity index is 2.05. The average Bonchev–Trinajstić information content (AvgIpc) is 2.71. The Bertz CT molecular complexity index is 803. The minimum Gasteiger partial charge on any atom is -0.502 e. The van der Waals surface area contributed by atoms with Gasteiger partial charge in [-0.3, -0.25) is 9.59 Å². The maximum atomic E-state index is 12.6. The van der Waals surface area contributed by atoms with E-state index >= 15 is 0 Å². The van der Waals surface area contributed by atoms with Crippen molar-refractivity contribution in [2.24, 2.45) is 0 Å². The molecule has 1 aliphatic rings. The topological polar surface area (TPSA) is 57.6 Å². The van der Waals surface area contributed by atoms with E-state index in [-0.39, 0.29) is 5.57 Å². The second-order valence-corrected chi connectivity index (χ2v) is 5.37. The molecule has 0 bridgehead atoms. The standard InChI is InChI=1S/C18H15NO3/c1-11-6-8-13(9-7-11)15-16(20)18(22)19(17(15)21)14-5-3-4-12(2)10-14/h3-10,20H,1-2H3. The summed E-state index contributed by atoms with van der Waals surface area (Å²) in [6, 6.07) is 14.2. The SMILES string of the molecule is Cc1ccc(C2=C(O)C(=O)N(c3cccc(C)c3)C2=O)cc1. The van der Waals surface area contributed by atoms with Crippen molar-refractivity contribution in [3.8, 4) is 0 Å². The third-order valence-corrected chi connectivity index (χ3v) is 3.66. The number of aryl methyl sites for hydroxylation is 2. The Labute approximate surface area is 128 Å². The number of hydrogen-bond donors (Lipinski definition) is 1. The molecule has 4 nitrogen and oxygen atoms in total. The lowest BCUT2D eigenvalue weighted by Crippen LogP contribution is -2.31. The number of aliphatic hydroxyl groups is 1. The number of aliphatic hydroxyl groups excluding tert-OH is 1. The molecule has 0 unspecified atom stereocenters. The second kappa shape index (κ2) is 5.15. The average molecular weight is 293 g/mol. The van der Waals surface area contributed by atoms with Crippen LogP contribution in [-0.2, 0) is 9.59 Å². The van der Waals surface area contributed by atoms with Crippen molar-refractivity contribution in [3.63, 3.8) is 0 Å². The molecule has 2 aromatic rings. The maximum Gasteiger partial charge on any atom is 0.301 e. The van der Waals surface area contributed by atoms with Gasteiger partial charge < -0.3 is 5.11 Å². The van der Waals surface area contributed by atoms with Gasteiger partial charge in [0.25, 0.3) is 5.91 Å². The zero-order valence-electron chi connectivity index (χ0n) is 12.3. The minimum absolute atomic E-state index is 0.0477. The van der Waals surface area contributed by atoms with Crippen molar-refractivity contribution >= 4 is 23.1 Å². The summed E-state index contributed by atoms with van der Waals surface area (Å²) in [4.78, 5) is 25.9. The van der Waals surface area contributed by atoms with E-state index in [9.17, 15) is 14.7 Å². The van der Waals surface area contributed by atoms with Gasteiger partial charge in [-0.05, 0) is 37.1 Å². The highest BCUT2D eigenvalue weighted by molar-refractivity contribution is 6.44. The van der Waals surface area contributed by atoms with Crippen LogP contribution in [0.3, 0.4) is 0 Å². The Kier molecular flexibility index (Phi) is 3.29. The number of carbonyl (C=O) groups is 2. The lowest BCUT2D eigenvalue weighted by molar-refractivity contribution is -0.121. The van der Waals surface area contributed by atoms with Crippen LogP contribution >= 0.6 is 0 Å². The highest BCUT2D eigenvalue weighted by Crippen LogP contribution is 2.32. The van der Waals surface area contributed by atoms with Crippen LogP contribution in [0.2, 0.25) is 0 Å². The molecule has 3 rings (SSSR count). The van der Waals surface area contributed by atoms with Gasteiger partial charge in [0.2, 0.25) is 0 Å². The number of hydrogen-bond acceptors (Lipinski definition) is 3. The lowest BCUT2D eigenvalue weighted by Gasteiger charge is -2.15. The molecule has 4 heteroatoms. The van der Waals surface area contributed by atoms with Gasteiger partial charge in [-0.1, -0.05) is 42.0 Å². The van der Waals surface area contributed by atoms with Crippen molar-refractivity contribution in [2.75, 3.05) is 4.90 Å². The van der Waals surface area contributed by atoms with E-state index in [1.807, 2.05) is 32.0 Å². The van der Waals surface area contributed by atoms with E-state index in [1.54, 1.807) is 30.3 Å². The molecule has 0 aromatic heterocycles. The summed E-state index contributed by atoms with van der Waals surface area (Å²) in [6.07, 6.45) is 0. The van der Waals surface area contributed by atoms with Crippen LogP contribution in [0.15, 0.2) is 54.3 Å². The fourth-order valence-corrected chi connectivity index (χ4v) is 2.50. The molecule has 0 radical (unpaired) electrons. The first-order valence-electron chi connectivity index (χ1n) is 6.95. The van der Waals surface area contributed by atoms with Gasteiger partial charge in [0, 0.05) is 0 Å². The largest absolute Gasteiger partial charge is 0.502 e. The molecule has 2 aromatic carbocycles. The molecule has 0 fully saturated rings. The van der Waals surface area contributed by atoms with Crippen LogP contribution in [0.25, 0.3) is 5.57 Å². The van der Waals surface area contributed by atoms with Gasteiger partial charge in [-0.25, -0.2) is 4.90 Å². The van der Waals surface area contributed by atoms with E-state index in [2.05, 4.69) is 0 Å². The summed E-state index contributed by atoms with van der Waals surface area (Å²) in [5.74, 6) is -1.70. The monoisotopic (exact) mass is 293 g/mol. The summed E-state index contributed by atoms with van der Waals surface area (Å²) in [5.41, 5.74) is 3.02. The number of carbonyl (C=O) groups excluding carboxylic acids is 2. The summed E-state index contributed by atoms with van der Waals surface area (Å²) in [6.45, 7) is 3.81. The number of amides is 2. The van der Waals surface area contributed by atoms with Crippen LogP contribution in [-0.4, -0.2) is 16.9 Å². The highest BCUT2D eigenvalue weighted by atomic mass is 16.3. The maximum absolute atomic E-state index is 12.6. The molecule has 1 heterocycles. The van der Waals surface area contributed by atoms with Gasteiger partial charge in [0.1, 0.15) is 0 Å². The van der Waals surface area contributed by atoms with Gasteiger partial charge in [0.15, 0.2) is 5.76 Å². The highest BCUT2D eigenvalue weighted by Gasteiger charge is 2.40. The van der Waals surface area contributed by atoms with Crippen molar-refractivity contribution in [1.82, 2.24) is 0 Å². The number of benzene rings is 2. The van der Waals surface area contributed by atoms with Crippen molar-refractivity contribution in [3.05, 3.63) is 71.0 Å². The van der Waals surface area contributed by atoms with Gasteiger partial charge in [-0.2, -0.15) is 0 Å². The fourth-order valence-electron chi connectivity index (χ4n) is 2.50. The Morgan fingerprint density at radius 3 is 2.18 bits per heavy atom. The predicted molar refractivity (Wildman–Crippen MR) is 84.4 cm³/mol. The van der Waals surface area contributed by atoms with Crippen molar-refractivity contribution in [1.29, 1.82) is 0 Å². The van der Waals surface area contributed by atoms with Crippen LogP contribution in [0.1, 0.15) is 16.7 Å². The molecule has 1 aliphatic heterocycles. The molecular weight excluding hydrogens is 278 g/mol. The Morgan fingerprint density at radius 2 is 1.55 bits per heavy atom. The normalized spacial score (nSPS) is 14.9. The zero-order valence-corrected chi connectivity index (χ0v) is 12.3. The molecule has 22 heavy (non-hydrogen) atoms. The first-order chi connectivity index (χ1) is 10.5. The zero-order chi connectivity index (χ0) is 15.9. The summed E-state index contributed by atoms with van der Waals surface area (Å²) < 4.78 is 0. The minimum atomic E-state index is -0.689. The van der Waals surface area contributed by atoms with Crippen molar-refractivity contribution in [2.45, 2.75) is 13.8 Å². The van der Waals surface area contributed by atoms with Crippen LogP contribution < -0.4 is 4.90 Å². The smallest absolute Gasteiger partial charge is 0.301 e. The first-order valence-corrected chi connectivity index (χ1v) is 6.95. The molecule has 0 saturated heterocycles. The summed E-state index contributed by atoms with van der Waals surface area (Å²) in [7, 11) is 0.